The molecule has 0 radical (unpaired) electrons. The summed E-state index contributed by atoms with van der Waals surface area (Å²) >= 11 is 0. The number of hydrogen-bond acceptors (Lipinski definition) is 3. The van der Waals surface area contributed by atoms with Gasteiger partial charge in [0.1, 0.15) is 5.60 Å². The Labute approximate surface area is 107 Å². The summed E-state index contributed by atoms with van der Waals surface area (Å²) in [4.78, 5) is 17.8. The lowest BCUT2D eigenvalue weighted by atomic mass is 10.1. The molecule has 0 aromatic carbocycles. The van der Waals surface area contributed by atoms with Gasteiger partial charge in [0.25, 0.3) is 0 Å². The molecule has 4 heteroatoms. The number of pyridine rings is 1. The highest BCUT2D eigenvalue weighted by Gasteiger charge is 2.25. The molecule has 0 aliphatic carbocycles. The van der Waals surface area contributed by atoms with Crippen molar-refractivity contribution in [2.24, 2.45) is 0 Å². The van der Waals surface area contributed by atoms with Crippen LogP contribution in [0.3, 0.4) is 0 Å². The summed E-state index contributed by atoms with van der Waals surface area (Å²) in [6.45, 7) is 6.25. The zero-order valence-electron chi connectivity index (χ0n) is 11.0. The van der Waals surface area contributed by atoms with E-state index in [-0.39, 0.29) is 6.09 Å². The monoisotopic (exact) mass is 246 g/mol. The van der Waals surface area contributed by atoms with Crippen molar-refractivity contribution in [2.75, 3.05) is 6.54 Å². The fourth-order valence-corrected chi connectivity index (χ4v) is 1.77. The van der Waals surface area contributed by atoms with Crippen LogP contribution < -0.4 is 0 Å². The van der Waals surface area contributed by atoms with Crippen LogP contribution in [0.5, 0.6) is 0 Å². The summed E-state index contributed by atoms with van der Waals surface area (Å²) < 4.78 is 5.33. The SMILES string of the molecule is CC(C)(C)OC(=O)N1C=C(c2ccccn2)CC1. The molecule has 1 aliphatic heterocycles. The van der Waals surface area contributed by atoms with Crippen LogP contribution in [0.2, 0.25) is 0 Å². The number of rotatable bonds is 1. The number of carbonyl (C=O) groups is 1. The second-order valence-electron chi connectivity index (χ2n) is 5.29. The second kappa shape index (κ2) is 4.80. The van der Waals surface area contributed by atoms with E-state index in [1.54, 1.807) is 11.1 Å². The lowest BCUT2D eigenvalue weighted by Crippen LogP contribution is -2.32. The van der Waals surface area contributed by atoms with E-state index < -0.39 is 5.60 Å². The van der Waals surface area contributed by atoms with Crippen molar-refractivity contribution in [1.82, 2.24) is 9.88 Å². The molecule has 0 N–H and O–H groups in total. The highest BCUT2D eigenvalue weighted by molar-refractivity contribution is 5.75. The minimum absolute atomic E-state index is 0.298. The van der Waals surface area contributed by atoms with Crippen molar-refractivity contribution in [3.05, 3.63) is 36.3 Å². The van der Waals surface area contributed by atoms with Crippen LogP contribution in [0.4, 0.5) is 4.79 Å². The summed E-state index contributed by atoms with van der Waals surface area (Å²) in [5.41, 5.74) is 1.53. The molecule has 2 rings (SSSR count). The molecule has 0 fully saturated rings. The predicted molar refractivity (Wildman–Crippen MR) is 69.8 cm³/mol. The normalized spacial score (nSPS) is 15.5. The molecular weight excluding hydrogens is 228 g/mol. The first-order valence-corrected chi connectivity index (χ1v) is 6.07. The van der Waals surface area contributed by atoms with Crippen molar-refractivity contribution < 1.29 is 9.53 Å². The summed E-state index contributed by atoms with van der Waals surface area (Å²) in [5, 5.41) is 0. The first-order chi connectivity index (χ1) is 8.46. The van der Waals surface area contributed by atoms with Gasteiger partial charge in [-0.3, -0.25) is 9.88 Å². The maximum absolute atomic E-state index is 11.9. The molecule has 1 amide bonds. The lowest BCUT2D eigenvalue weighted by molar-refractivity contribution is 0.0349. The van der Waals surface area contributed by atoms with Gasteiger partial charge < -0.3 is 4.74 Å². The zero-order valence-corrected chi connectivity index (χ0v) is 11.0. The molecule has 0 saturated carbocycles. The summed E-state index contributed by atoms with van der Waals surface area (Å²) in [5.74, 6) is 0. The molecule has 0 bridgehead atoms. The minimum Gasteiger partial charge on any atom is -0.443 e. The average molecular weight is 246 g/mol. The van der Waals surface area contributed by atoms with Crippen LogP contribution in [-0.4, -0.2) is 28.1 Å². The van der Waals surface area contributed by atoms with Crippen LogP contribution >= 0.6 is 0 Å². The number of nitrogens with zero attached hydrogens (tertiary/aromatic N) is 2. The fraction of sp³-hybridized carbons (Fsp3) is 0.429. The molecule has 1 aromatic rings. The molecule has 96 valence electrons. The predicted octanol–water partition coefficient (Wildman–Crippen LogP) is 3.06. The minimum atomic E-state index is -0.460. The van der Waals surface area contributed by atoms with Gasteiger partial charge in [0, 0.05) is 18.9 Å². The Bertz CT molecular complexity index is 460. The Hall–Kier alpha value is -1.84. The quantitative estimate of drug-likeness (QED) is 0.764. The Morgan fingerprint density at radius 2 is 2.17 bits per heavy atom. The molecular formula is C14H18N2O2. The van der Waals surface area contributed by atoms with E-state index in [0.717, 1.165) is 17.7 Å². The van der Waals surface area contributed by atoms with Crippen LogP contribution in [-0.2, 0) is 4.74 Å². The van der Waals surface area contributed by atoms with Crippen molar-refractivity contribution in [1.29, 1.82) is 0 Å². The summed E-state index contributed by atoms with van der Waals surface area (Å²) in [7, 11) is 0. The Kier molecular flexibility index (Phi) is 3.36. The van der Waals surface area contributed by atoms with Crippen molar-refractivity contribution in [2.45, 2.75) is 32.8 Å². The van der Waals surface area contributed by atoms with E-state index in [1.165, 1.54) is 0 Å². The number of hydrogen-bond donors (Lipinski definition) is 0. The van der Waals surface area contributed by atoms with E-state index in [2.05, 4.69) is 4.98 Å². The smallest absolute Gasteiger partial charge is 0.414 e. The Morgan fingerprint density at radius 1 is 1.39 bits per heavy atom. The first kappa shape index (κ1) is 12.6. The van der Waals surface area contributed by atoms with E-state index in [9.17, 15) is 4.79 Å². The van der Waals surface area contributed by atoms with Crippen molar-refractivity contribution in [3.8, 4) is 0 Å². The zero-order chi connectivity index (χ0) is 13.2. The fourth-order valence-electron chi connectivity index (χ4n) is 1.77. The summed E-state index contributed by atoms with van der Waals surface area (Å²) in [6, 6.07) is 5.77. The molecule has 2 heterocycles. The largest absolute Gasteiger partial charge is 0.443 e. The third kappa shape index (κ3) is 3.09. The Morgan fingerprint density at radius 3 is 2.78 bits per heavy atom. The van der Waals surface area contributed by atoms with Crippen LogP contribution in [0, 0.1) is 0 Å². The molecule has 0 saturated heterocycles. The van der Waals surface area contributed by atoms with Gasteiger partial charge in [-0.15, -0.1) is 0 Å². The molecule has 0 unspecified atom stereocenters. The standard InChI is InChI=1S/C14H18N2O2/c1-14(2,3)18-13(17)16-9-7-11(10-16)12-6-4-5-8-15-12/h4-6,8,10H,7,9H2,1-3H3. The highest BCUT2D eigenvalue weighted by Crippen LogP contribution is 2.24. The number of aromatic nitrogens is 1. The van der Waals surface area contributed by atoms with Gasteiger partial charge in [0.2, 0.25) is 0 Å². The van der Waals surface area contributed by atoms with Gasteiger partial charge >= 0.3 is 6.09 Å². The third-order valence-electron chi connectivity index (χ3n) is 2.56. The molecule has 1 aliphatic rings. The summed E-state index contributed by atoms with van der Waals surface area (Å²) in [6.07, 6.45) is 4.10. The van der Waals surface area contributed by atoms with Crippen molar-refractivity contribution in [3.63, 3.8) is 0 Å². The first-order valence-electron chi connectivity index (χ1n) is 6.07. The molecule has 0 atom stereocenters. The molecule has 0 spiro atoms. The maximum atomic E-state index is 11.9. The maximum Gasteiger partial charge on any atom is 0.414 e. The number of amides is 1. The Balaban J connectivity index is 2.07. The second-order valence-corrected chi connectivity index (χ2v) is 5.29. The van der Waals surface area contributed by atoms with E-state index in [4.69, 9.17) is 4.74 Å². The van der Waals surface area contributed by atoms with Gasteiger partial charge in [-0.05, 0) is 44.9 Å². The molecule has 1 aromatic heterocycles. The van der Waals surface area contributed by atoms with Crippen LogP contribution in [0.1, 0.15) is 32.9 Å². The topological polar surface area (TPSA) is 42.4 Å². The van der Waals surface area contributed by atoms with Gasteiger partial charge in [-0.2, -0.15) is 0 Å². The average Bonchev–Trinajstić information content (AvgIpc) is 2.77. The van der Waals surface area contributed by atoms with Crippen molar-refractivity contribution >= 4 is 11.7 Å². The van der Waals surface area contributed by atoms with Gasteiger partial charge in [0.15, 0.2) is 0 Å². The van der Waals surface area contributed by atoms with E-state index in [0.29, 0.717) is 6.54 Å². The van der Waals surface area contributed by atoms with Crippen LogP contribution in [0.25, 0.3) is 5.57 Å². The van der Waals surface area contributed by atoms with E-state index >= 15 is 0 Å². The highest BCUT2D eigenvalue weighted by atomic mass is 16.6. The molecule has 4 nitrogen and oxygen atoms in total. The van der Waals surface area contributed by atoms with Gasteiger partial charge in [0.05, 0.1) is 5.69 Å². The van der Waals surface area contributed by atoms with Crippen LogP contribution in [0.15, 0.2) is 30.6 Å². The molecule has 18 heavy (non-hydrogen) atoms. The third-order valence-corrected chi connectivity index (χ3v) is 2.56. The number of ether oxygens (including phenoxy) is 1. The van der Waals surface area contributed by atoms with E-state index in [1.807, 2.05) is 45.2 Å². The lowest BCUT2D eigenvalue weighted by Gasteiger charge is -2.23. The van der Waals surface area contributed by atoms with Gasteiger partial charge in [-0.1, -0.05) is 6.07 Å². The number of carbonyl (C=O) groups excluding carboxylic acids is 1. The van der Waals surface area contributed by atoms with Gasteiger partial charge in [-0.25, -0.2) is 4.79 Å².